The maximum atomic E-state index is 11.5. The minimum absolute atomic E-state index is 0.192. The van der Waals surface area contributed by atoms with E-state index in [1.54, 1.807) is 30.3 Å². The molecule has 0 saturated heterocycles. The normalized spacial score (nSPS) is 10.6. The van der Waals surface area contributed by atoms with Crippen LogP contribution in [0, 0.1) is 10.1 Å². The molecule has 118 valence electrons. The molecule has 0 bridgehead atoms. The molecule has 0 unspecified atom stereocenters. The summed E-state index contributed by atoms with van der Waals surface area (Å²) < 4.78 is 5.46. The molecule has 8 nitrogen and oxygen atoms in total. The van der Waals surface area contributed by atoms with Crippen molar-refractivity contribution >= 4 is 17.8 Å². The Balaban J connectivity index is 2.46. The molecular formula is C15H13N3O5. The number of hydrogen-bond donors (Lipinski definition) is 2. The Kier molecular flexibility index (Phi) is 4.88. The highest BCUT2D eigenvalue weighted by atomic mass is 16.6. The van der Waals surface area contributed by atoms with Crippen LogP contribution < -0.4 is 16.0 Å². The van der Waals surface area contributed by atoms with Gasteiger partial charge in [0.2, 0.25) is 0 Å². The molecule has 0 radical (unpaired) electrons. The van der Waals surface area contributed by atoms with Crippen molar-refractivity contribution in [3.63, 3.8) is 0 Å². The summed E-state index contributed by atoms with van der Waals surface area (Å²) in [7, 11) is 0. The molecule has 0 spiro atoms. The van der Waals surface area contributed by atoms with E-state index >= 15 is 0 Å². The number of benzene rings is 1. The zero-order chi connectivity index (χ0) is 16.8. The quantitative estimate of drug-likeness (QED) is 0.478. The number of H-pyrrole nitrogens is 2. The molecule has 1 aromatic carbocycles. The average Bonchev–Trinajstić information content (AvgIpc) is 2.50. The van der Waals surface area contributed by atoms with Gasteiger partial charge < -0.3 is 9.72 Å². The Bertz CT molecular complexity index is 879. The monoisotopic (exact) mass is 315 g/mol. The number of nitro groups is 1. The molecule has 2 rings (SSSR count). The number of para-hydroxylation sites is 1. The predicted molar refractivity (Wildman–Crippen MR) is 85.4 cm³/mol. The SMILES string of the molecule is C=CCOc1ccccc1/C=C/c1[nH]c(=O)[nH]c(=O)c1[N+](=O)[O-]. The first kappa shape index (κ1) is 16.0. The van der Waals surface area contributed by atoms with Crippen molar-refractivity contribution in [3.05, 3.63) is 79.1 Å². The van der Waals surface area contributed by atoms with Gasteiger partial charge in [0.15, 0.2) is 0 Å². The fourth-order valence-corrected chi connectivity index (χ4v) is 1.87. The number of nitrogens with one attached hydrogen (secondary N) is 2. The standard InChI is InChI=1S/C15H13N3O5/c1-2-9-23-12-6-4-3-5-10(12)7-8-11-13(18(21)22)14(19)17-15(20)16-11/h2-8H,1,9H2,(H2,16,17,19,20)/b8-7+. The van der Waals surface area contributed by atoms with Gasteiger partial charge in [-0.3, -0.25) is 19.9 Å². The number of nitrogens with zero attached hydrogens (tertiary/aromatic N) is 1. The van der Waals surface area contributed by atoms with E-state index in [2.05, 4.69) is 11.6 Å². The van der Waals surface area contributed by atoms with Crippen molar-refractivity contribution in [2.45, 2.75) is 0 Å². The molecule has 1 aromatic heterocycles. The van der Waals surface area contributed by atoms with E-state index in [-0.39, 0.29) is 5.69 Å². The third-order valence-corrected chi connectivity index (χ3v) is 2.83. The minimum Gasteiger partial charge on any atom is -0.489 e. The van der Waals surface area contributed by atoms with Gasteiger partial charge >= 0.3 is 16.9 Å². The van der Waals surface area contributed by atoms with Crippen LogP contribution >= 0.6 is 0 Å². The summed E-state index contributed by atoms with van der Waals surface area (Å²) in [5.74, 6) is 0.540. The minimum atomic E-state index is -1.06. The first-order valence-corrected chi connectivity index (χ1v) is 6.54. The number of rotatable bonds is 6. The van der Waals surface area contributed by atoms with E-state index in [1.807, 2.05) is 4.98 Å². The van der Waals surface area contributed by atoms with Gasteiger partial charge in [-0.1, -0.05) is 30.9 Å². The third-order valence-electron chi connectivity index (χ3n) is 2.83. The summed E-state index contributed by atoms with van der Waals surface area (Å²) in [5, 5.41) is 11.0. The van der Waals surface area contributed by atoms with Crippen molar-refractivity contribution in [1.82, 2.24) is 9.97 Å². The zero-order valence-corrected chi connectivity index (χ0v) is 11.9. The number of ether oxygens (including phenoxy) is 1. The maximum absolute atomic E-state index is 11.5. The molecule has 23 heavy (non-hydrogen) atoms. The van der Waals surface area contributed by atoms with Crippen LogP contribution in [-0.4, -0.2) is 21.5 Å². The lowest BCUT2D eigenvalue weighted by atomic mass is 10.1. The van der Waals surface area contributed by atoms with Crippen LogP contribution in [0.2, 0.25) is 0 Å². The van der Waals surface area contributed by atoms with Crippen LogP contribution in [0.4, 0.5) is 5.69 Å². The van der Waals surface area contributed by atoms with Crippen molar-refractivity contribution < 1.29 is 9.66 Å². The first-order chi connectivity index (χ1) is 11.0. The Morgan fingerprint density at radius 3 is 2.65 bits per heavy atom. The Morgan fingerprint density at radius 1 is 1.22 bits per heavy atom. The lowest BCUT2D eigenvalue weighted by molar-refractivity contribution is -0.386. The highest BCUT2D eigenvalue weighted by molar-refractivity contribution is 5.74. The van der Waals surface area contributed by atoms with Gasteiger partial charge in [-0.2, -0.15) is 0 Å². The molecular weight excluding hydrogens is 302 g/mol. The Morgan fingerprint density at radius 2 is 1.96 bits per heavy atom. The molecule has 1 heterocycles. The van der Waals surface area contributed by atoms with Gasteiger partial charge in [0.05, 0.1) is 4.92 Å². The second-order valence-corrected chi connectivity index (χ2v) is 4.40. The van der Waals surface area contributed by atoms with Crippen molar-refractivity contribution in [2.75, 3.05) is 6.61 Å². The van der Waals surface area contributed by atoms with Crippen LogP contribution in [0.5, 0.6) is 5.75 Å². The summed E-state index contributed by atoms with van der Waals surface area (Å²) in [5.41, 5.74) is -2.18. The molecule has 0 aliphatic rings. The summed E-state index contributed by atoms with van der Waals surface area (Å²) in [4.78, 5) is 37.0. The predicted octanol–water partition coefficient (Wildman–Crippen LogP) is 1.71. The first-order valence-electron chi connectivity index (χ1n) is 6.54. The van der Waals surface area contributed by atoms with Crippen molar-refractivity contribution in [1.29, 1.82) is 0 Å². The van der Waals surface area contributed by atoms with Gasteiger partial charge in [-0.15, -0.1) is 0 Å². The lowest BCUT2D eigenvalue weighted by Crippen LogP contribution is -2.25. The summed E-state index contributed by atoms with van der Waals surface area (Å²) in [6, 6.07) is 6.98. The molecule has 8 heteroatoms. The van der Waals surface area contributed by atoms with Crippen LogP contribution in [0.3, 0.4) is 0 Å². The van der Waals surface area contributed by atoms with E-state index in [9.17, 15) is 19.7 Å². The fraction of sp³-hybridized carbons (Fsp3) is 0.0667. The van der Waals surface area contributed by atoms with Crippen LogP contribution in [0.25, 0.3) is 12.2 Å². The van der Waals surface area contributed by atoms with Crippen molar-refractivity contribution in [3.8, 4) is 5.75 Å². The molecule has 2 aromatic rings. The topological polar surface area (TPSA) is 118 Å². The second-order valence-electron chi connectivity index (χ2n) is 4.40. The van der Waals surface area contributed by atoms with Crippen LogP contribution in [-0.2, 0) is 0 Å². The molecule has 0 aliphatic heterocycles. The van der Waals surface area contributed by atoms with E-state index in [0.29, 0.717) is 17.9 Å². The van der Waals surface area contributed by atoms with E-state index in [0.717, 1.165) is 0 Å². The van der Waals surface area contributed by atoms with E-state index < -0.39 is 21.9 Å². The second kappa shape index (κ2) is 7.03. The number of aromatic amines is 2. The number of hydrogen-bond acceptors (Lipinski definition) is 5. The smallest absolute Gasteiger partial charge is 0.357 e. The Hall–Kier alpha value is -3.42. The summed E-state index contributed by atoms with van der Waals surface area (Å²) in [6.45, 7) is 3.85. The maximum Gasteiger partial charge on any atom is 0.357 e. The van der Waals surface area contributed by atoms with Gasteiger partial charge in [-0.25, -0.2) is 4.79 Å². The largest absolute Gasteiger partial charge is 0.489 e. The molecule has 0 aliphatic carbocycles. The molecule has 0 fully saturated rings. The fourth-order valence-electron chi connectivity index (χ4n) is 1.87. The average molecular weight is 315 g/mol. The molecule has 0 saturated carbocycles. The van der Waals surface area contributed by atoms with Crippen LogP contribution in [0.1, 0.15) is 11.3 Å². The highest BCUT2D eigenvalue weighted by Crippen LogP contribution is 2.21. The van der Waals surface area contributed by atoms with Crippen LogP contribution in [0.15, 0.2) is 46.5 Å². The summed E-state index contributed by atoms with van der Waals surface area (Å²) >= 11 is 0. The van der Waals surface area contributed by atoms with E-state index in [4.69, 9.17) is 4.74 Å². The van der Waals surface area contributed by atoms with Gasteiger partial charge in [0, 0.05) is 5.56 Å². The molecule has 0 atom stereocenters. The van der Waals surface area contributed by atoms with Crippen molar-refractivity contribution in [2.24, 2.45) is 0 Å². The lowest BCUT2D eigenvalue weighted by Gasteiger charge is -2.06. The molecule has 0 amide bonds. The van der Waals surface area contributed by atoms with Gasteiger partial charge in [0.1, 0.15) is 18.1 Å². The zero-order valence-electron chi connectivity index (χ0n) is 11.9. The van der Waals surface area contributed by atoms with Gasteiger partial charge in [-0.05, 0) is 18.2 Å². The highest BCUT2D eigenvalue weighted by Gasteiger charge is 2.18. The third kappa shape index (κ3) is 3.82. The van der Waals surface area contributed by atoms with Gasteiger partial charge in [0.25, 0.3) is 0 Å². The Labute approximate surface area is 129 Å². The summed E-state index contributed by atoms with van der Waals surface area (Å²) in [6.07, 6.45) is 4.38. The number of aromatic nitrogens is 2. The molecule has 2 N–H and O–H groups in total. The van der Waals surface area contributed by atoms with E-state index in [1.165, 1.54) is 12.2 Å².